The molecule has 2 aromatic heterocycles. The smallest absolute Gasteiger partial charge is 0.362 e. The molecule has 0 aliphatic heterocycles. The molecule has 1 atom stereocenters. The Hall–Kier alpha value is -2.54. The Labute approximate surface area is 147 Å². The molecule has 3 aromatic rings. The first kappa shape index (κ1) is 17.3. The summed E-state index contributed by atoms with van der Waals surface area (Å²) in [5.41, 5.74) is 1.03. The van der Waals surface area contributed by atoms with Crippen LogP contribution in [0.1, 0.15) is 24.1 Å². The lowest BCUT2D eigenvalue weighted by Crippen LogP contribution is -2.11. The van der Waals surface area contributed by atoms with Crippen LogP contribution in [0, 0.1) is 0 Å². The fourth-order valence-corrected chi connectivity index (χ4v) is 2.56. The summed E-state index contributed by atoms with van der Waals surface area (Å²) in [4.78, 5) is 7.79. The van der Waals surface area contributed by atoms with Gasteiger partial charge in [-0.3, -0.25) is 0 Å². The molecule has 1 aromatic carbocycles. The summed E-state index contributed by atoms with van der Waals surface area (Å²) in [5, 5.41) is 2.96. The Balaban J connectivity index is 1.75. The summed E-state index contributed by atoms with van der Waals surface area (Å²) < 4.78 is 39.8. The second kappa shape index (κ2) is 6.76. The zero-order valence-corrected chi connectivity index (χ0v) is 13.9. The molecule has 2 heterocycles. The van der Waals surface area contributed by atoms with Crippen LogP contribution in [-0.2, 0) is 6.18 Å². The number of imidazole rings is 1. The van der Waals surface area contributed by atoms with E-state index >= 15 is 0 Å². The van der Waals surface area contributed by atoms with Crippen LogP contribution in [0.3, 0.4) is 0 Å². The van der Waals surface area contributed by atoms with Crippen molar-refractivity contribution in [1.29, 1.82) is 0 Å². The van der Waals surface area contributed by atoms with Crippen molar-refractivity contribution in [2.24, 2.45) is 0 Å². The molecule has 0 bridgehead atoms. The number of hydrogen-bond donors (Lipinski definition) is 1. The average molecular weight is 367 g/mol. The van der Waals surface area contributed by atoms with Gasteiger partial charge in [-0.1, -0.05) is 23.7 Å². The van der Waals surface area contributed by atoms with Gasteiger partial charge in [0.15, 0.2) is 0 Å². The Morgan fingerprint density at radius 2 is 1.92 bits per heavy atom. The van der Waals surface area contributed by atoms with Gasteiger partial charge in [-0.15, -0.1) is 0 Å². The number of nitrogens with one attached hydrogen (secondary N) is 1. The number of alkyl halides is 3. The van der Waals surface area contributed by atoms with Gasteiger partial charge in [-0.25, -0.2) is 9.97 Å². The second-order valence-corrected chi connectivity index (χ2v) is 5.89. The van der Waals surface area contributed by atoms with Crippen LogP contribution in [0.4, 0.5) is 19.0 Å². The van der Waals surface area contributed by atoms with Gasteiger partial charge in [0.2, 0.25) is 0 Å². The molecule has 0 spiro atoms. The van der Waals surface area contributed by atoms with Gasteiger partial charge in [-0.2, -0.15) is 13.2 Å². The Morgan fingerprint density at radius 1 is 1.20 bits per heavy atom. The number of pyridine rings is 1. The SMILES string of the molecule is C[C@H](Nc1ncc(C(F)(F)F)cc1Cl)c1ccc(-n2ccnc2)cc1. The predicted molar refractivity (Wildman–Crippen MR) is 89.9 cm³/mol. The summed E-state index contributed by atoms with van der Waals surface area (Å²) in [5.74, 6) is 0.209. The molecular weight excluding hydrogens is 353 g/mol. The molecule has 0 radical (unpaired) electrons. The highest BCUT2D eigenvalue weighted by molar-refractivity contribution is 6.33. The molecule has 130 valence electrons. The quantitative estimate of drug-likeness (QED) is 0.697. The van der Waals surface area contributed by atoms with Crippen molar-refractivity contribution < 1.29 is 13.2 Å². The molecule has 0 amide bonds. The van der Waals surface area contributed by atoms with Gasteiger partial charge in [0, 0.05) is 30.3 Å². The lowest BCUT2D eigenvalue weighted by Gasteiger charge is -2.17. The molecule has 0 aliphatic rings. The monoisotopic (exact) mass is 366 g/mol. The summed E-state index contributed by atoms with van der Waals surface area (Å²) in [6.07, 6.45) is 1.52. The third kappa shape index (κ3) is 3.93. The molecule has 1 N–H and O–H groups in total. The highest BCUT2D eigenvalue weighted by Gasteiger charge is 2.31. The van der Waals surface area contributed by atoms with Crippen molar-refractivity contribution in [2.75, 3.05) is 5.32 Å². The van der Waals surface area contributed by atoms with E-state index < -0.39 is 11.7 Å². The van der Waals surface area contributed by atoms with E-state index in [2.05, 4.69) is 15.3 Å². The third-order valence-electron chi connectivity index (χ3n) is 3.72. The molecular formula is C17H14ClF3N4. The summed E-state index contributed by atoms with van der Waals surface area (Å²) >= 11 is 5.92. The maximum absolute atomic E-state index is 12.7. The minimum Gasteiger partial charge on any atom is -0.362 e. The first-order valence-electron chi connectivity index (χ1n) is 7.42. The lowest BCUT2D eigenvalue weighted by atomic mass is 10.1. The molecule has 4 nitrogen and oxygen atoms in total. The van der Waals surface area contributed by atoms with Crippen LogP contribution in [-0.4, -0.2) is 14.5 Å². The highest BCUT2D eigenvalue weighted by Crippen LogP contribution is 2.33. The molecule has 0 fully saturated rings. The number of halogens is 4. The van der Waals surface area contributed by atoms with Gasteiger partial charge in [0.25, 0.3) is 0 Å². The van der Waals surface area contributed by atoms with Crippen LogP contribution >= 0.6 is 11.6 Å². The minimum absolute atomic E-state index is 0.0725. The van der Waals surface area contributed by atoms with Crippen molar-refractivity contribution >= 4 is 17.4 Å². The van der Waals surface area contributed by atoms with Crippen molar-refractivity contribution in [1.82, 2.24) is 14.5 Å². The molecule has 0 aliphatic carbocycles. The standard InChI is InChI=1S/C17H14ClF3N4/c1-11(12-2-4-14(5-3-12)25-7-6-22-10-25)24-16-15(18)8-13(9-23-16)17(19,20)21/h2-11H,1H3,(H,23,24)/t11-/m0/s1. The number of aromatic nitrogens is 3. The van der Waals surface area contributed by atoms with Gasteiger partial charge in [0.1, 0.15) is 5.82 Å². The number of benzene rings is 1. The van der Waals surface area contributed by atoms with Crippen LogP contribution in [0.25, 0.3) is 5.69 Å². The number of rotatable bonds is 4. The van der Waals surface area contributed by atoms with E-state index in [4.69, 9.17) is 11.6 Å². The summed E-state index contributed by atoms with van der Waals surface area (Å²) in [6, 6.07) is 8.38. The van der Waals surface area contributed by atoms with Crippen LogP contribution < -0.4 is 5.32 Å². The molecule has 0 unspecified atom stereocenters. The van der Waals surface area contributed by atoms with Crippen molar-refractivity contribution in [3.63, 3.8) is 0 Å². The first-order chi connectivity index (χ1) is 11.8. The van der Waals surface area contributed by atoms with Crippen molar-refractivity contribution in [3.8, 4) is 5.69 Å². The minimum atomic E-state index is -4.47. The fourth-order valence-electron chi connectivity index (χ4n) is 2.33. The Bertz CT molecular complexity index is 845. The van der Waals surface area contributed by atoms with Crippen LogP contribution in [0.2, 0.25) is 5.02 Å². The normalized spacial score (nSPS) is 12.8. The molecule has 3 rings (SSSR count). The molecule has 8 heteroatoms. The lowest BCUT2D eigenvalue weighted by molar-refractivity contribution is -0.137. The first-order valence-corrected chi connectivity index (χ1v) is 7.80. The second-order valence-electron chi connectivity index (χ2n) is 5.48. The van der Waals surface area contributed by atoms with Gasteiger partial charge < -0.3 is 9.88 Å². The van der Waals surface area contributed by atoms with E-state index in [1.54, 1.807) is 12.5 Å². The summed E-state index contributed by atoms with van der Waals surface area (Å²) in [6.45, 7) is 1.88. The number of anilines is 1. The van der Waals surface area contributed by atoms with Crippen molar-refractivity contribution in [2.45, 2.75) is 19.1 Å². The van der Waals surface area contributed by atoms with Crippen LogP contribution in [0.5, 0.6) is 0 Å². The summed E-state index contributed by atoms with van der Waals surface area (Å²) in [7, 11) is 0. The Kier molecular flexibility index (Phi) is 4.67. The topological polar surface area (TPSA) is 42.7 Å². The largest absolute Gasteiger partial charge is 0.417 e. The van der Waals surface area contributed by atoms with E-state index in [1.807, 2.05) is 42.0 Å². The molecule has 25 heavy (non-hydrogen) atoms. The van der Waals surface area contributed by atoms with E-state index in [-0.39, 0.29) is 16.9 Å². The third-order valence-corrected chi connectivity index (χ3v) is 4.01. The maximum Gasteiger partial charge on any atom is 0.417 e. The van der Waals surface area contributed by atoms with E-state index in [0.717, 1.165) is 23.5 Å². The molecule has 0 saturated carbocycles. The zero-order valence-electron chi connectivity index (χ0n) is 13.1. The van der Waals surface area contributed by atoms with E-state index in [1.165, 1.54) is 0 Å². The average Bonchev–Trinajstić information content (AvgIpc) is 3.10. The van der Waals surface area contributed by atoms with Crippen LogP contribution in [0.15, 0.2) is 55.2 Å². The number of nitrogens with zero attached hydrogens (tertiary/aromatic N) is 3. The Morgan fingerprint density at radius 3 is 2.48 bits per heavy atom. The van der Waals surface area contributed by atoms with E-state index in [0.29, 0.717) is 0 Å². The maximum atomic E-state index is 12.7. The van der Waals surface area contributed by atoms with Gasteiger partial charge in [-0.05, 0) is 30.7 Å². The molecule has 0 saturated heterocycles. The van der Waals surface area contributed by atoms with Gasteiger partial charge in [0.05, 0.1) is 16.9 Å². The fraction of sp³-hybridized carbons (Fsp3) is 0.176. The number of hydrogen-bond acceptors (Lipinski definition) is 3. The predicted octanol–water partition coefficient (Wildman–Crippen LogP) is 5.11. The highest BCUT2D eigenvalue weighted by atomic mass is 35.5. The zero-order chi connectivity index (χ0) is 18.0. The van der Waals surface area contributed by atoms with Crippen molar-refractivity contribution in [3.05, 3.63) is 71.4 Å². The van der Waals surface area contributed by atoms with E-state index in [9.17, 15) is 13.2 Å². The van der Waals surface area contributed by atoms with Gasteiger partial charge >= 0.3 is 6.18 Å².